The molecule has 64 heavy (non-hydrogen) atoms. The van der Waals surface area contributed by atoms with Crippen LogP contribution in [0.4, 0.5) is 34.1 Å². The molecule has 0 unspecified atom stereocenters. The second-order valence-electron chi connectivity index (χ2n) is 17.8. The maximum atomic E-state index is 6.20. The van der Waals surface area contributed by atoms with Gasteiger partial charge < -0.3 is 28.7 Å². The van der Waals surface area contributed by atoms with Crippen LogP contribution in [0.25, 0.3) is 32.7 Å². The summed E-state index contributed by atoms with van der Waals surface area (Å²) in [5.74, 6) is 0. The standard InChI is InChI=1S/C58H56N2O4/c1-3-57(39-63-40-57)37-61-35-43-13-23-51(24-14-43)59(55-31-21-45-9-5-7-11-49(45)33-55)53-27-17-47(18-28-53)48-19-29-54(30-20-48)60(56-32-22-46-10-6-8-12-50(46)34-56)52-25-15-44(16-26-52)36-62-38-58(4-2)41-64-42-58/h5-34H,3-4,35-42H2,1-2H3. The number of fused-ring (bicyclic) bond motifs is 2. The fourth-order valence-corrected chi connectivity index (χ4v) is 8.95. The van der Waals surface area contributed by atoms with Crippen molar-refractivity contribution in [1.82, 2.24) is 0 Å². The van der Waals surface area contributed by atoms with Gasteiger partial charge in [-0.1, -0.05) is 123 Å². The van der Waals surface area contributed by atoms with E-state index in [0.717, 1.165) is 109 Å². The first-order chi connectivity index (χ1) is 31.5. The summed E-state index contributed by atoms with van der Waals surface area (Å²) in [6.07, 6.45) is 2.15. The lowest BCUT2D eigenvalue weighted by Crippen LogP contribution is -2.45. The Hall–Kier alpha value is -6.28. The second-order valence-corrected chi connectivity index (χ2v) is 17.8. The summed E-state index contributed by atoms with van der Waals surface area (Å²) >= 11 is 0. The Morgan fingerprint density at radius 3 is 1.05 bits per heavy atom. The van der Waals surface area contributed by atoms with Crippen molar-refractivity contribution in [1.29, 1.82) is 0 Å². The first-order valence-electron chi connectivity index (χ1n) is 22.8. The van der Waals surface area contributed by atoms with E-state index in [1.807, 2.05) is 0 Å². The highest BCUT2D eigenvalue weighted by atomic mass is 16.5. The Bertz CT molecular complexity index is 2610. The molecule has 0 atom stereocenters. The van der Waals surface area contributed by atoms with Gasteiger partial charge in [-0.25, -0.2) is 0 Å². The number of rotatable bonds is 17. The van der Waals surface area contributed by atoms with E-state index < -0.39 is 0 Å². The highest BCUT2D eigenvalue weighted by molar-refractivity contribution is 5.91. The van der Waals surface area contributed by atoms with Gasteiger partial charge in [-0.15, -0.1) is 0 Å². The molecular weight excluding hydrogens is 789 g/mol. The van der Waals surface area contributed by atoms with E-state index in [2.05, 4.69) is 206 Å². The molecule has 2 aliphatic heterocycles. The van der Waals surface area contributed by atoms with Crippen LogP contribution in [0.1, 0.15) is 37.8 Å². The van der Waals surface area contributed by atoms with E-state index >= 15 is 0 Å². The van der Waals surface area contributed by atoms with Crippen molar-refractivity contribution in [2.45, 2.75) is 39.9 Å². The highest BCUT2D eigenvalue weighted by Gasteiger charge is 2.37. The SMILES string of the molecule is CCC1(COCc2ccc(N(c3ccc(-c4ccc(N(c5ccc(COCC6(CC)COC6)cc5)c5ccc6ccccc6c5)cc4)cc3)c3ccc4ccccc4c3)cc2)COC1. The van der Waals surface area contributed by atoms with Gasteiger partial charge in [0.1, 0.15) is 0 Å². The Balaban J connectivity index is 0.905. The Morgan fingerprint density at radius 1 is 0.391 bits per heavy atom. The van der Waals surface area contributed by atoms with Gasteiger partial charge in [0.25, 0.3) is 0 Å². The van der Waals surface area contributed by atoms with Crippen molar-refractivity contribution in [2.75, 3.05) is 49.4 Å². The second kappa shape index (κ2) is 18.4. The molecule has 322 valence electrons. The molecular formula is C58H56N2O4. The molecule has 0 N–H and O–H groups in total. The number of ether oxygens (including phenoxy) is 4. The highest BCUT2D eigenvalue weighted by Crippen LogP contribution is 2.40. The first kappa shape index (κ1) is 41.7. The molecule has 0 amide bonds. The molecule has 0 bridgehead atoms. The molecule has 2 fully saturated rings. The van der Waals surface area contributed by atoms with Crippen molar-refractivity contribution >= 4 is 55.7 Å². The lowest BCUT2D eigenvalue weighted by molar-refractivity contribution is -0.152. The smallest absolute Gasteiger partial charge is 0.0717 e. The molecule has 2 aliphatic rings. The van der Waals surface area contributed by atoms with Gasteiger partial charge in [-0.2, -0.15) is 0 Å². The Kier molecular flexibility index (Phi) is 12.0. The summed E-state index contributed by atoms with van der Waals surface area (Å²) in [6, 6.07) is 65.9. The van der Waals surface area contributed by atoms with E-state index in [9.17, 15) is 0 Å². The van der Waals surface area contributed by atoms with Crippen LogP contribution in [0.5, 0.6) is 0 Å². The predicted octanol–water partition coefficient (Wildman–Crippen LogP) is 14.5. The van der Waals surface area contributed by atoms with Gasteiger partial charge in [0.05, 0.1) is 52.9 Å². The van der Waals surface area contributed by atoms with E-state index in [-0.39, 0.29) is 10.8 Å². The van der Waals surface area contributed by atoms with Crippen LogP contribution in [0.3, 0.4) is 0 Å². The Morgan fingerprint density at radius 2 is 0.719 bits per heavy atom. The zero-order chi connectivity index (χ0) is 43.4. The summed E-state index contributed by atoms with van der Waals surface area (Å²) < 4.78 is 23.4. The van der Waals surface area contributed by atoms with E-state index in [1.165, 1.54) is 21.5 Å². The van der Waals surface area contributed by atoms with Crippen molar-refractivity contribution < 1.29 is 18.9 Å². The van der Waals surface area contributed by atoms with Gasteiger partial charge in [0, 0.05) is 45.0 Å². The topological polar surface area (TPSA) is 43.4 Å². The zero-order valence-corrected chi connectivity index (χ0v) is 36.9. The maximum Gasteiger partial charge on any atom is 0.0717 e. The molecule has 0 spiro atoms. The molecule has 8 aromatic rings. The quantitative estimate of drug-likeness (QED) is 0.0910. The third-order valence-corrected chi connectivity index (χ3v) is 13.4. The number of hydrogen-bond acceptors (Lipinski definition) is 6. The molecule has 10 rings (SSSR count). The van der Waals surface area contributed by atoms with Gasteiger partial charge in [-0.05, 0) is 129 Å². The lowest BCUT2D eigenvalue weighted by Gasteiger charge is -2.40. The molecule has 2 heterocycles. The number of hydrogen-bond donors (Lipinski definition) is 0. The largest absolute Gasteiger partial charge is 0.380 e. The normalized spacial score (nSPS) is 15.1. The van der Waals surface area contributed by atoms with Crippen LogP contribution in [0.15, 0.2) is 182 Å². The average molecular weight is 845 g/mol. The van der Waals surface area contributed by atoms with E-state index in [1.54, 1.807) is 0 Å². The molecule has 2 saturated heterocycles. The lowest BCUT2D eigenvalue weighted by atomic mass is 9.84. The zero-order valence-electron chi connectivity index (χ0n) is 36.9. The summed E-state index contributed by atoms with van der Waals surface area (Å²) in [4.78, 5) is 4.68. The molecule has 0 saturated carbocycles. The van der Waals surface area contributed by atoms with Gasteiger partial charge in [0.15, 0.2) is 0 Å². The molecule has 6 nitrogen and oxygen atoms in total. The van der Waals surface area contributed by atoms with Crippen LogP contribution in [-0.4, -0.2) is 39.6 Å². The number of benzene rings is 8. The van der Waals surface area contributed by atoms with Gasteiger partial charge in [0.2, 0.25) is 0 Å². The predicted molar refractivity (Wildman–Crippen MR) is 263 cm³/mol. The summed E-state index contributed by atoms with van der Waals surface area (Å²) in [5.41, 5.74) is 11.6. The Labute approximate surface area is 377 Å². The minimum Gasteiger partial charge on any atom is -0.380 e. The van der Waals surface area contributed by atoms with Crippen LogP contribution in [-0.2, 0) is 32.2 Å². The molecule has 6 heteroatoms. The molecule has 0 aromatic heterocycles. The van der Waals surface area contributed by atoms with Gasteiger partial charge in [-0.3, -0.25) is 0 Å². The van der Waals surface area contributed by atoms with Crippen LogP contribution < -0.4 is 9.80 Å². The third kappa shape index (κ3) is 8.80. The van der Waals surface area contributed by atoms with Crippen molar-refractivity contribution in [2.24, 2.45) is 10.8 Å². The van der Waals surface area contributed by atoms with Crippen LogP contribution in [0, 0.1) is 10.8 Å². The fraction of sp³-hybridized carbons (Fsp3) is 0.241. The monoisotopic (exact) mass is 844 g/mol. The minimum atomic E-state index is 0.173. The van der Waals surface area contributed by atoms with Crippen molar-refractivity contribution in [3.05, 3.63) is 193 Å². The van der Waals surface area contributed by atoms with Crippen molar-refractivity contribution in [3.63, 3.8) is 0 Å². The summed E-state index contributed by atoms with van der Waals surface area (Å²) in [5, 5.41) is 4.86. The van der Waals surface area contributed by atoms with E-state index in [0.29, 0.717) is 13.2 Å². The maximum absolute atomic E-state index is 6.20. The summed E-state index contributed by atoms with van der Waals surface area (Å²) in [7, 11) is 0. The molecule has 8 aromatic carbocycles. The molecule has 0 aliphatic carbocycles. The minimum absolute atomic E-state index is 0.173. The van der Waals surface area contributed by atoms with Gasteiger partial charge >= 0.3 is 0 Å². The van der Waals surface area contributed by atoms with Crippen LogP contribution in [0.2, 0.25) is 0 Å². The third-order valence-electron chi connectivity index (χ3n) is 13.4. The molecule has 0 radical (unpaired) electrons. The fourth-order valence-electron chi connectivity index (χ4n) is 8.95. The average Bonchev–Trinajstić information content (AvgIpc) is 3.32. The summed E-state index contributed by atoms with van der Waals surface area (Å²) in [6.45, 7) is 10.2. The van der Waals surface area contributed by atoms with E-state index in [4.69, 9.17) is 18.9 Å². The first-order valence-corrected chi connectivity index (χ1v) is 22.8. The van der Waals surface area contributed by atoms with Crippen LogP contribution >= 0.6 is 0 Å². The number of anilines is 6. The van der Waals surface area contributed by atoms with Crippen molar-refractivity contribution in [3.8, 4) is 11.1 Å². The number of nitrogens with zero attached hydrogens (tertiary/aromatic N) is 2.